The highest BCUT2D eigenvalue weighted by molar-refractivity contribution is 6.68. The lowest BCUT2D eigenvalue weighted by Crippen LogP contribution is -2.48. The van der Waals surface area contributed by atoms with Crippen molar-refractivity contribution in [3.05, 3.63) is 76.3 Å². The Morgan fingerprint density at radius 1 is 1.12 bits per heavy atom. The number of rotatable bonds is 2. The zero-order chi connectivity index (χ0) is 18.9. The van der Waals surface area contributed by atoms with Gasteiger partial charge in [-0.1, -0.05) is 88.9 Å². The summed E-state index contributed by atoms with van der Waals surface area (Å²) in [6.45, 7) is 0. The number of aliphatic hydroxyl groups is 1. The van der Waals surface area contributed by atoms with Crippen molar-refractivity contribution in [2.45, 2.75) is 21.9 Å². The van der Waals surface area contributed by atoms with Gasteiger partial charge in [-0.15, -0.1) is 0 Å². The Hall–Kier alpha value is -1.41. The van der Waals surface area contributed by atoms with E-state index in [-0.39, 0.29) is 12.2 Å². The van der Waals surface area contributed by atoms with Crippen molar-refractivity contribution in [2.75, 3.05) is 0 Å². The molecule has 134 valence electrons. The van der Waals surface area contributed by atoms with Gasteiger partial charge in [-0.3, -0.25) is 0 Å². The van der Waals surface area contributed by atoms with Crippen molar-refractivity contribution < 1.29 is 9.84 Å². The molecule has 2 aromatic carbocycles. The molecule has 3 rings (SSSR count). The van der Waals surface area contributed by atoms with Crippen LogP contribution in [0.25, 0.3) is 5.76 Å². The minimum Gasteiger partial charge on any atom is -0.456 e. The SMILES string of the molecule is N#CC1=C(c2ccccc2)O[C@](O)(C(Cl)(Cl)Cl)C[C@@H]1c1cccc(Cl)c1. The Kier molecular flexibility index (Phi) is 5.44. The van der Waals surface area contributed by atoms with E-state index in [1.165, 1.54) is 0 Å². The highest BCUT2D eigenvalue weighted by Gasteiger charge is 2.55. The van der Waals surface area contributed by atoms with Gasteiger partial charge in [0.15, 0.2) is 0 Å². The summed E-state index contributed by atoms with van der Waals surface area (Å²) < 4.78 is 3.57. The zero-order valence-electron chi connectivity index (χ0n) is 13.3. The molecule has 1 aliphatic rings. The molecule has 0 radical (unpaired) electrons. The minimum atomic E-state index is -2.12. The second-order valence-corrected chi connectivity index (χ2v) is 8.63. The van der Waals surface area contributed by atoms with Gasteiger partial charge in [-0.05, 0) is 17.7 Å². The lowest BCUT2D eigenvalue weighted by atomic mass is 9.82. The summed E-state index contributed by atoms with van der Waals surface area (Å²) in [5.41, 5.74) is 1.65. The first kappa shape index (κ1) is 19.4. The van der Waals surface area contributed by atoms with Crippen LogP contribution in [-0.4, -0.2) is 14.7 Å². The Morgan fingerprint density at radius 3 is 2.38 bits per heavy atom. The lowest BCUT2D eigenvalue weighted by Gasteiger charge is -2.42. The molecule has 0 saturated carbocycles. The number of alkyl halides is 3. The minimum absolute atomic E-state index is 0.108. The molecule has 26 heavy (non-hydrogen) atoms. The second kappa shape index (κ2) is 7.31. The van der Waals surface area contributed by atoms with Crippen molar-refractivity contribution in [2.24, 2.45) is 0 Å². The molecule has 0 aromatic heterocycles. The molecular weight excluding hydrogens is 416 g/mol. The van der Waals surface area contributed by atoms with E-state index in [9.17, 15) is 10.4 Å². The molecule has 1 aliphatic heterocycles. The van der Waals surface area contributed by atoms with Crippen LogP contribution in [0.1, 0.15) is 23.5 Å². The average molecular weight is 429 g/mol. The van der Waals surface area contributed by atoms with E-state index < -0.39 is 15.5 Å². The Balaban J connectivity index is 2.22. The second-order valence-electron chi connectivity index (χ2n) is 5.92. The van der Waals surface area contributed by atoms with Crippen LogP contribution in [0.15, 0.2) is 60.2 Å². The molecule has 0 spiro atoms. The van der Waals surface area contributed by atoms with Crippen LogP contribution in [0.2, 0.25) is 5.02 Å². The van der Waals surface area contributed by atoms with Gasteiger partial charge in [0.05, 0.1) is 11.6 Å². The maximum atomic E-state index is 11.0. The van der Waals surface area contributed by atoms with Crippen LogP contribution >= 0.6 is 46.4 Å². The monoisotopic (exact) mass is 427 g/mol. The van der Waals surface area contributed by atoms with Crippen LogP contribution in [0.5, 0.6) is 0 Å². The first-order valence-electron chi connectivity index (χ1n) is 7.68. The molecule has 1 N–H and O–H groups in total. The molecule has 2 atom stereocenters. The number of benzene rings is 2. The van der Waals surface area contributed by atoms with Gasteiger partial charge in [0, 0.05) is 22.9 Å². The number of hydrogen-bond donors (Lipinski definition) is 1. The van der Waals surface area contributed by atoms with Crippen LogP contribution in [0, 0.1) is 11.3 Å². The summed E-state index contributed by atoms with van der Waals surface area (Å²) in [6, 6.07) is 18.1. The molecule has 0 aliphatic carbocycles. The fourth-order valence-electron chi connectivity index (χ4n) is 2.92. The quantitative estimate of drug-likeness (QED) is 0.611. The fraction of sp³-hybridized carbons (Fsp3) is 0.211. The van der Waals surface area contributed by atoms with Crippen molar-refractivity contribution in [3.63, 3.8) is 0 Å². The molecule has 0 fully saturated rings. The third-order valence-electron chi connectivity index (χ3n) is 4.20. The van der Waals surface area contributed by atoms with E-state index in [2.05, 4.69) is 6.07 Å². The molecular formula is C19H13Cl4NO2. The first-order chi connectivity index (χ1) is 12.2. The normalized spacial score (nSPS) is 23.3. The molecule has 1 heterocycles. The molecule has 7 heteroatoms. The first-order valence-corrected chi connectivity index (χ1v) is 9.19. The fourth-order valence-corrected chi connectivity index (χ4v) is 3.46. The molecule has 0 unspecified atom stereocenters. The van der Waals surface area contributed by atoms with Crippen molar-refractivity contribution >= 4 is 52.2 Å². The predicted molar refractivity (Wildman–Crippen MR) is 104 cm³/mol. The van der Waals surface area contributed by atoms with E-state index in [0.717, 1.165) is 5.56 Å². The van der Waals surface area contributed by atoms with Crippen molar-refractivity contribution in [1.82, 2.24) is 0 Å². The Bertz CT molecular complexity index is 886. The van der Waals surface area contributed by atoms with Gasteiger partial charge in [0.1, 0.15) is 5.76 Å². The summed E-state index contributed by atoms with van der Waals surface area (Å²) >= 11 is 24.1. The zero-order valence-corrected chi connectivity index (χ0v) is 16.3. The van der Waals surface area contributed by atoms with Gasteiger partial charge in [0.2, 0.25) is 0 Å². The highest BCUT2D eigenvalue weighted by Crippen LogP contribution is 2.52. The maximum Gasteiger partial charge on any atom is 0.256 e. The van der Waals surface area contributed by atoms with Crippen LogP contribution < -0.4 is 0 Å². The maximum absolute atomic E-state index is 11.0. The number of halogens is 4. The van der Waals surface area contributed by atoms with Gasteiger partial charge in [-0.2, -0.15) is 5.26 Å². The van der Waals surface area contributed by atoms with Crippen LogP contribution in [0.4, 0.5) is 0 Å². The summed E-state index contributed by atoms with van der Waals surface area (Å²) in [4.78, 5) is 0. The highest BCUT2D eigenvalue weighted by atomic mass is 35.6. The average Bonchev–Trinajstić information content (AvgIpc) is 2.61. The van der Waals surface area contributed by atoms with E-state index in [4.69, 9.17) is 51.1 Å². The Labute approximate surface area is 171 Å². The largest absolute Gasteiger partial charge is 0.456 e. The van der Waals surface area contributed by atoms with E-state index in [1.54, 1.807) is 48.5 Å². The van der Waals surface area contributed by atoms with Gasteiger partial charge in [-0.25, -0.2) is 0 Å². The smallest absolute Gasteiger partial charge is 0.256 e. The molecule has 0 saturated heterocycles. The number of hydrogen-bond acceptors (Lipinski definition) is 3. The topological polar surface area (TPSA) is 53.2 Å². The number of nitrogens with zero attached hydrogens (tertiary/aromatic N) is 1. The van der Waals surface area contributed by atoms with Crippen LogP contribution in [-0.2, 0) is 4.74 Å². The number of allylic oxidation sites excluding steroid dienone is 1. The van der Waals surface area contributed by atoms with Gasteiger partial charge < -0.3 is 9.84 Å². The standard InChI is InChI=1S/C19H13Cl4NO2/c20-14-8-4-7-13(9-14)15-10-18(25,19(21,22)23)26-17(16(15)11-24)12-5-2-1-3-6-12/h1-9,15,25H,10H2/t15-,18+/m1/s1. The van der Waals surface area contributed by atoms with Gasteiger partial charge in [0.25, 0.3) is 9.58 Å². The van der Waals surface area contributed by atoms with E-state index in [1.807, 2.05) is 6.07 Å². The summed E-state index contributed by atoms with van der Waals surface area (Å²) in [5, 5.41) is 21.3. The predicted octanol–water partition coefficient (Wildman–Crippen LogP) is 5.84. The summed E-state index contributed by atoms with van der Waals surface area (Å²) in [7, 11) is 0. The third-order valence-corrected chi connectivity index (χ3v) is 5.32. The third kappa shape index (κ3) is 3.67. The summed E-state index contributed by atoms with van der Waals surface area (Å²) in [5.74, 6) is -2.49. The molecule has 2 aromatic rings. The Morgan fingerprint density at radius 2 is 1.81 bits per heavy atom. The van der Waals surface area contributed by atoms with E-state index >= 15 is 0 Å². The molecule has 0 bridgehead atoms. The molecule has 0 amide bonds. The van der Waals surface area contributed by atoms with Crippen molar-refractivity contribution in [1.29, 1.82) is 5.26 Å². The summed E-state index contributed by atoms with van der Waals surface area (Å²) in [6.07, 6.45) is -0.108. The van der Waals surface area contributed by atoms with Crippen LogP contribution in [0.3, 0.4) is 0 Å². The van der Waals surface area contributed by atoms with Crippen molar-refractivity contribution in [3.8, 4) is 6.07 Å². The van der Waals surface area contributed by atoms with Gasteiger partial charge >= 0.3 is 0 Å². The number of nitriles is 1. The lowest BCUT2D eigenvalue weighted by molar-refractivity contribution is -0.166. The number of ether oxygens (including phenoxy) is 1. The molecule has 3 nitrogen and oxygen atoms in total. The van der Waals surface area contributed by atoms with E-state index in [0.29, 0.717) is 16.2 Å².